The summed E-state index contributed by atoms with van der Waals surface area (Å²) in [5.41, 5.74) is 0. The summed E-state index contributed by atoms with van der Waals surface area (Å²) < 4.78 is 0. The molecule has 4 heteroatoms. The maximum Gasteiger partial charge on any atom is 0.327 e. The molecule has 0 radical (unpaired) electrons. The lowest BCUT2D eigenvalue weighted by molar-refractivity contribution is -0.141. The van der Waals surface area contributed by atoms with Gasteiger partial charge in [-0.25, -0.2) is 4.79 Å². The van der Waals surface area contributed by atoms with Gasteiger partial charge in [0.2, 0.25) is 0 Å². The van der Waals surface area contributed by atoms with Crippen molar-refractivity contribution in [3.63, 3.8) is 0 Å². The van der Waals surface area contributed by atoms with E-state index in [0.717, 1.165) is 12.5 Å². The average Bonchev–Trinajstić information content (AvgIpc) is 2.03. The van der Waals surface area contributed by atoms with E-state index in [-0.39, 0.29) is 5.92 Å². The quantitative estimate of drug-likeness (QED) is 0.662. The summed E-state index contributed by atoms with van der Waals surface area (Å²) in [5, 5.41) is 16.0. The summed E-state index contributed by atoms with van der Waals surface area (Å²) in [6, 6.07) is 0. The highest BCUT2D eigenvalue weighted by atomic mass is 16.4. The van der Waals surface area contributed by atoms with Crippen molar-refractivity contribution >= 4 is 11.9 Å². The van der Waals surface area contributed by atoms with Crippen LogP contribution in [0.1, 0.15) is 27.2 Å². The maximum absolute atomic E-state index is 9.93. The van der Waals surface area contributed by atoms with Gasteiger partial charge in [0.1, 0.15) is 0 Å². The molecule has 0 aliphatic heterocycles. The lowest BCUT2D eigenvalue weighted by atomic mass is 10.1. The number of hydrogen-bond donors (Lipinski definition) is 2. The maximum atomic E-state index is 9.93. The first-order chi connectivity index (χ1) is 5.95. The van der Waals surface area contributed by atoms with E-state index in [9.17, 15) is 9.59 Å². The minimum atomic E-state index is -0.891. The molecule has 0 bridgehead atoms. The van der Waals surface area contributed by atoms with Crippen LogP contribution in [0.3, 0.4) is 0 Å². The molecule has 0 aromatic heterocycles. The number of hydrogen-bond acceptors (Lipinski definition) is 2. The molecule has 2 N–H and O–H groups in total. The van der Waals surface area contributed by atoms with Gasteiger partial charge in [-0.2, -0.15) is 0 Å². The van der Waals surface area contributed by atoms with Crippen LogP contribution >= 0.6 is 0 Å². The van der Waals surface area contributed by atoms with Crippen molar-refractivity contribution in [1.29, 1.82) is 0 Å². The molecule has 76 valence electrons. The van der Waals surface area contributed by atoms with Crippen molar-refractivity contribution in [3.8, 4) is 0 Å². The van der Waals surface area contributed by atoms with Crippen molar-refractivity contribution in [2.75, 3.05) is 0 Å². The Bertz CT molecular complexity index is 184. The standard InChI is InChI=1S/C5H10O2.C4H6O2/c1-3-4(2)5(6)7;1-2-3-4(5)6/h4H,3H2,1-2H3,(H,6,7);2-3H,1H3,(H,5,6). The van der Waals surface area contributed by atoms with Gasteiger partial charge in [0.15, 0.2) is 0 Å². The number of carboxylic acid groups (broad SMARTS) is 2. The fourth-order valence-corrected chi connectivity index (χ4v) is 0.317. The second-order valence-electron chi connectivity index (χ2n) is 2.49. The molecule has 0 amide bonds. The monoisotopic (exact) mass is 188 g/mol. The molecule has 0 fully saturated rings. The number of allylic oxidation sites excluding steroid dienone is 1. The van der Waals surface area contributed by atoms with Crippen molar-refractivity contribution in [3.05, 3.63) is 12.2 Å². The summed E-state index contributed by atoms with van der Waals surface area (Å²) in [5.74, 6) is -1.78. The van der Waals surface area contributed by atoms with Crippen LogP contribution in [-0.4, -0.2) is 22.2 Å². The molecule has 13 heavy (non-hydrogen) atoms. The lowest BCUT2D eigenvalue weighted by Gasteiger charge is -1.96. The normalized spacial score (nSPS) is 11.6. The summed E-state index contributed by atoms with van der Waals surface area (Å²) in [4.78, 5) is 19.4. The van der Waals surface area contributed by atoms with Gasteiger partial charge in [-0.15, -0.1) is 0 Å². The van der Waals surface area contributed by atoms with Gasteiger partial charge >= 0.3 is 11.9 Å². The second kappa shape index (κ2) is 8.77. The molecule has 1 unspecified atom stereocenters. The van der Waals surface area contributed by atoms with Gasteiger partial charge in [-0.1, -0.05) is 19.9 Å². The molecule has 0 rings (SSSR count). The molecule has 0 aliphatic rings. The zero-order valence-corrected chi connectivity index (χ0v) is 8.15. The van der Waals surface area contributed by atoms with Crippen LogP contribution in [0.15, 0.2) is 12.2 Å². The first-order valence-electron chi connectivity index (χ1n) is 4.04. The summed E-state index contributed by atoms with van der Waals surface area (Å²) in [7, 11) is 0. The fourth-order valence-electron chi connectivity index (χ4n) is 0.317. The molecule has 0 heterocycles. The SMILES string of the molecule is CC=CC(=O)O.CCC(C)C(=O)O. The Balaban J connectivity index is 0. The predicted molar refractivity (Wildman–Crippen MR) is 49.5 cm³/mol. The van der Waals surface area contributed by atoms with E-state index >= 15 is 0 Å². The minimum absolute atomic E-state index is 0.181. The van der Waals surface area contributed by atoms with Gasteiger partial charge in [0, 0.05) is 6.08 Å². The molecular weight excluding hydrogens is 172 g/mol. The van der Waals surface area contributed by atoms with E-state index in [4.69, 9.17) is 10.2 Å². The van der Waals surface area contributed by atoms with Crippen LogP contribution in [0.5, 0.6) is 0 Å². The van der Waals surface area contributed by atoms with Crippen molar-refractivity contribution in [2.24, 2.45) is 5.92 Å². The molecule has 0 aliphatic carbocycles. The molecule has 1 atom stereocenters. The Hall–Kier alpha value is -1.32. The van der Waals surface area contributed by atoms with Gasteiger partial charge in [0.05, 0.1) is 5.92 Å². The van der Waals surface area contributed by atoms with E-state index in [2.05, 4.69) is 0 Å². The minimum Gasteiger partial charge on any atom is -0.481 e. The van der Waals surface area contributed by atoms with Gasteiger partial charge in [-0.05, 0) is 13.3 Å². The van der Waals surface area contributed by atoms with E-state index in [1.165, 1.54) is 6.08 Å². The summed E-state index contributed by atoms with van der Waals surface area (Å²) in [6.45, 7) is 5.22. The van der Waals surface area contributed by atoms with Crippen LogP contribution in [0.2, 0.25) is 0 Å². The number of aliphatic carboxylic acids is 2. The van der Waals surface area contributed by atoms with Crippen LogP contribution < -0.4 is 0 Å². The Labute approximate surface area is 77.9 Å². The first kappa shape index (κ1) is 14.2. The van der Waals surface area contributed by atoms with Gasteiger partial charge in [-0.3, -0.25) is 4.79 Å². The molecule has 0 saturated heterocycles. The van der Waals surface area contributed by atoms with Crippen LogP contribution in [0.4, 0.5) is 0 Å². The molecule has 0 aromatic rings. The predicted octanol–water partition coefficient (Wildman–Crippen LogP) is 1.76. The summed E-state index contributed by atoms with van der Waals surface area (Å²) >= 11 is 0. The number of carboxylic acids is 2. The van der Waals surface area contributed by atoms with Crippen molar-refractivity contribution in [2.45, 2.75) is 27.2 Å². The zero-order chi connectivity index (χ0) is 10.9. The summed E-state index contributed by atoms with van der Waals surface area (Å²) in [6.07, 6.45) is 3.28. The Morgan fingerprint density at radius 1 is 1.38 bits per heavy atom. The highest BCUT2D eigenvalue weighted by molar-refractivity contribution is 5.79. The number of rotatable bonds is 3. The third kappa shape index (κ3) is 13.6. The molecule has 0 aromatic carbocycles. The largest absolute Gasteiger partial charge is 0.481 e. The number of carbonyl (C=O) groups is 2. The molecule has 4 nitrogen and oxygen atoms in total. The van der Waals surface area contributed by atoms with Crippen molar-refractivity contribution in [1.82, 2.24) is 0 Å². The van der Waals surface area contributed by atoms with Crippen LogP contribution in [-0.2, 0) is 9.59 Å². The molecule has 0 spiro atoms. The Morgan fingerprint density at radius 3 is 1.85 bits per heavy atom. The lowest BCUT2D eigenvalue weighted by Crippen LogP contribution is -2.06. The smallest absolute Gasteiger partial charge is 0.327 e. The average molecular weight is 188 g/mol. The van der Waals surface area contributed by atoms with E-state index in [1.807, 2.05) is 6.92 Å². The Morgan fingerprint density at radius 2 is 1.85 bits per heavy atom. The van der Waals surface area contributed by atoms with Crippen LogP contribution in [0, 0.1) is 5.92 Å². The zero-order valence-electron chi connectivity index (χ0n) is 8.15. The van der Waals surface area contributed by atoms with Gasteiger partial charge in [0.25, 0.3) is 0 Å². The first-order valence-corrected chi connectivity index (χ1v) is 4.04. The highest BCUT2D eigenvalue weighted by Gasteiger charge is 2.05. The molecular formula is C9H16O4. The van der Waals surface area contributed by atoms with E-state index in [1.54, 1.807) is 13.8 Å². The highest BCUT2D eigenvalue weighted by Crippen LogP contribution is 1.97. The topological polar surface area (TPSA) is 74.6 Å². The third-order valence-corrected chi connectivity index (χ3v) is 1.34. The van der Waals surface area contributed by atoms with E-state index < -0.39 is 11.9 Å². The van der Waals surface area contributed by atoms with Gasteiger partial charge < -0.3 is 10.2 Å². The third-order valence-electron chi connectivity index (χ3n) is 1.34. The Kier molecular flexibility index (Phi) is 9.60. The van der Waals surface area contributed by atoms with Crippen molar-refractivity contribution < 1.29 is 19.8 Å². The fraction of sp³-hybridized carbons (Fsp3) is 0.556. The van der Waals surface area contributed by atoms with E-state index in [0.29, 0.717) is 0 Å². The van der Waals surface area contributed by atoms with Crippen LogP contribution in [0.25, 0.3) is 0 Å². The molecule has 0 saturated carbocycles. The second-order valence-corrected chi connectivity index (χ2v) is 2.49.